The van der Waals surface area contributed by atoms with Crippen molar-refractivity contribution in [1.82, 2.24) is 4.90 Å². The second-order valence-electron chi connectivity index (χ2n) is 5.88. The van der Waals surface area contributed by atoms with Crippen molar-refractivity contribution in [3.63, 3.8) is 0 Å². The molecular weight excluding hydrogens is 484 g/mol. The summed E-state index contributed by atoms with van der Waals surface area (Å²) in [6, 6.07) is 9.82. The second kappa shape index (κ2) is 8.89. The van der Waals surface area contributed by atoms with Gasteiger partial charge in [0.25, 0.3) is 11.1 Å². The Morgan fingerprint density at radius 1 is 1.31 bits per heavy atom. The molecule has 1 aliphatic heterocycles. The zero-order valence-electron chi connectivity index (χ0n) is 14.9. The number of aromatic hydroxyl groups is 1. The number of phenolic OH excluding ortho intramolecular Hbond substituents is 1. The third-order valence-corrected chi connectivity index (χ3v) is 5.60. The van der Waals surface area contributed by atoms with Crippen LogP contribution in [-0.2, 0) is 9.59 Å². The summed E-state index contributed by atoms with van der Waals surface area (Å²) < 4.78 is 5.89. The van der Waals surface area contributed by atoms with Crippen molar-refractivity contribution in [2.45, 2.75) is 0 Å². The molecule has 0 unspecified atom stereocenters. The van der Waals surface area contributed by atoms with Gasteiger partial charge in [0.2, 0.25) is 5.91 Å². The average molecular weight is 498 g/mol. The van der Waals surface area contributed by atoms with Crippen molar-refractivity contribution >= 4 is 68.1 Å². The van der Waals surface area contributed by atoms with Crippen LogP contribution in [0.2, 0.25) is 5.02 Å². The lowest BCUT2D eigenvalue weighted by Gasteiger charge is -2.12. The van der Waals surface area contributed by atoms with E-state index in [-0.39, 0.29) is 21.4 Å². The molecule has 1 fully saturated rings. The van der Waals surface area contributed by atoms with Crippen LogP contribution in [0, 0.1) is 0 Å². The molecule has 0 aromatic heterocycles. The molecule has 1 saturated heterocycles. The van der Waals surface area contributed by atoms with Gasteiger partial charge in [0.1, 0.15) is 6.54 Å². The maximum Gasteiger partial charge on any atom is 0.294 e. The Morgan fingerprint density at radius 3 is 2.66 bits per heavy atom. The van der Waals surface area contributed by atoms with Crippen LogP contribution >= 0.6 is 39.3 Å². The first-order valence-corrected chi connectivity index (χ1v) is 10.1. The fourth-order valence-corrected chi connectivity index (χ4v) is 3.82. The van der Waals surface area contributed by atoms with Gasteiger partial charge in [-0.25, -0.2) is 0 Å². The Morgan fingerprint density at radius 2 is 2.00 bits per heavy atom. The number of carbonyl (C=O) groups excluding carboxylic acids is 3. The standard InChI is InChI=1S/C19H14BrClN2O5S/c1-28-14-7-10(6-13(21)17(14)25)8-15-18(26)23(19(27)29-15)9-16(24)22-12-4-2-11(20)3-5-12/h2-8,25H,9H2,1H3,(H,22,24)/b15-8-. The zero-order valence-corrected chi connectivity index (χ0v) is 18.1. The van der Waals surface area contributed by atoms with Gasteiger partial charge in [-0.05, 0) is 59.8 Å². The molecule has 150 valence electrons. The molecule has 0 bridgehead atoms. The first-order chi connectivity index (χ1) is 13.8. The van der Waals surface area contributed by atoms with Gasteiger partial charge < -0.3 is 15.2 Å². The van der Waals surface area contributed by atoms with E-state index >= 15 is 0 Å². The van der Waals surface area contributed by atoms with Gasteiger partial charge in [-0.15, -0.1) is 0 Å². The molecule has 0 spiro atoms. The summed E-state index contributed by atoms with van der Waals surface area (Å²) in [7, 11) is 1.37. The van der Waals surface area contributed by atoms with Crippen LogP contribution in [0.1, 0.15) is 5.56 Å². The highest BCUT2D eigenvalue weighted by Crippen LogP contribution is 2.37. The smallest absolute Gasteiger partial charge is 0.294 e. The summed E-state index contributed by atoms with van der Waals surface area (Å²) in [5, 5.41) is 11.9. The summed E-state index contributed by atoms with van der Waals surface area (Å²) in [5.74, 6) is -1.17. The van der Waals surface area contributed by atoms with E-state index in [9.17, 15) is 19.5 Å². The van der Waals surface area contributed by atoms with Gasteiger partial charge in [-0.2, -0.15) is 0 Å². The molecule has 29 heavy (non-hydrogen) atoms. The Labute approximate surface area is 183 Å². The van der Waals surface area contributed by atoms with E-state index in [2.05, 4.69) is 21.2 Å². The van der Waals surface area contributed by atoms with Gasteiger partial charge in [-0.1, -0.05) is 27.5 Å². The van der Waals surface area contributed by atoms with Crippen molar-refractivity contribution in [3.8, 4) is 11.5 Å². The minimum Gasteiger partial charge on any atom is -0.503 e. The predicted octanol–water partition coefficient (Wildman–Crippen LogP) is 4.49. The Kier molecular flexibility index (Phi) is 6.51. The molecule has 1 aliphatic rings. The number of amides is 3. The number of hydrogen-bond donors (Lipinski definition) is 2. The molecule has 2 aromatic rings. The van der Waals surface area contributed by atoms with Crippen LogP contribution in [0.3, 0.4) is 0 Å². The van der Waals surface area contributed by atoms with Crippen LogP contribution in [0.15, 0.2) is 45.8 Å². The molecule has 10 heteroatoms. The number of anilines is 1. The van der Waals surface area contributed by atoms with E-state index in [1.807, 2.05) is 0 Å². The fourth-order valence-electron chi connectivity index (χ4n) is 2.50. The molecule has 0 aliphatic carbocycles. The van der Waals surface area contributed by atoms with Crippen LogP contribution in [-0.4, -0.2) is 40.7 Å². The highest BCUT2D eigenvalue weighted by molar-refractivity contribution is 9.10. The number of benzene rings is 2. The summed E-state index contributed by atoms with van der Waals surface area (Å²) in [5.41, 5.74) is 1.01. The number of rotatable bonds is 5. The van der Waals surface area contributed by atoms with Gasteiger partial charge in [0, 0.05) is 10.2 Å². The first kappa shape index (κ1) is 21.2. The minimum absolute atomic E-state index is 0.0451. The third-order valence-electron chi connectivity index (χ3n) is 3.87. The SMILES string of the molecule is COc1cc(/C=C2\SC(=O)N(CC(=O)Nc3ccc(Br)cc3)C2=O)cc(Cl)c1O. The number of hydrogen-bond acceptors (Lipinski definition) is 6. The quantitative estimate of drug-likeness (QED) is 0.591. The molecule has 3 rings (SSSR count). The Hall–Kier alpha value is -2.49. The second-order valence-corrected chi connectivity index (χ2v) is 8.19. The number of nitrogens with one attached hydrogen (secondary N) is 1. The van der Waals surface area contributed by atoms with E-state index in [0.29, 0.717) is 23.0 Å². The average Bonchev–Trinajstić information content (AvgIpc) is 2.93. The lowest BCUT2D eigenvalue weighted by molar-refractivity contribution is -0.127. The van der Waals surface area contributed by atoms with Crippen molar-refractivity contribution in [2.75, 3.05) is 19.0 Å². The molecule has 3 amide bonds. The summed E-state index contributed by atoms with van der Waals surface area (Å²) >= 11 is 9.96. The maximum absolute atomic E-state index is 12.6. The molecule has 7 nitrogen and oxygen atoms in total. The lowest BCUT2D eigenvalue weighted by atomic mass is 10.2. The topological polar surface area (TPSA) is 95.9 Å². The summed E-state index contributed by atoms with van der Waals surface area (Å²) in [6.07, 6.45) is 1.45. The third kappa shape index (κ3) is 4.92. The fraction of sp³-hybridized carbons (Fsp3) is 0.105. The highest BCUT2D eigenvalue weighted by atomic mass is 79.9. The molecule has 0 atom stereocenters. The number of nitrogens with zero attached hydrogens (tertiary/aromatic N) is 1. The van der Waals surface area contributed by atoms with Gasteiger partial charge >= 0.3 is 0 Å². The van der Waals surface area contributed by atoms with Crippen molar-refractivity contribution in [3.05, 3.63) is 56.4 Å². The van der Waals surface area contributed by atoms with Crippen molar-refractivity contribution < 1.29 is 24.2 Å². The molecular formula is C19H14BrClN2O5S. The van der Waals surface area contributed by atoms with Crippen LogP contribution in [0.25, 0.3) is 6.08 Å². The first-order valence-electron chi connectivity index (χ1n) is 8.15. The summed E-state index contributed by atoms with van der Waals surface area (Å²) in [4.78, 5) is 38.0. The minimum atomic E-state index is -0.589. The van der Waals surface area contributed by atoms with Gasteiger partial charge in [0.15, 0.2) is 11.5 Å². The number of imide groups is 1. The Bertz CT molecular complexity index is 1030. The molecule has 0 radical (unpaired) electrons. The molecule has 0 saturated carbocycles. The molecule has 1 heterocycles. The van der Waals surface area contributed by atoms with E-state index in [1.54, 1.807) is 24.3 Å². The number of ether oxygens (including phenoxy) is 1. The van der Waals surface area contributed by atoms with E-state index < -0.39 is 23.6 Å². The highest BCUT2D eigenvalue weighted by Gasteiger charge is 2.36. The van der Waals surface area contributed by atoms with Crippen LogP contribution in [0.5, 0.6) is 11.5 Å². The number of carbonyl (C=O) groups is 3. The number of methoxy groups -OCH3 is 1. The van der Waals surface area contributed by atoms with E-state index in [1.165, 1.54) is 25.3 Å². The lowest BCUT2D eigenvalue weighted by Crippen LogP contribution is -2.36. The Balaban J connectivity index is 1.74. The number of thioether (sulfide) groups is 1. The van der Waals surface area contributed by atoms with Crippen LogP contribution < -0.4 is 10.1 Å². The monoisotopic (exact) mass is 496 g/mol. The van der Waals surface area contributed by atoms with E-state index in [0.717, 1.165) is 9.37 Å². The maximum atomic E-state index is 12.6. The summed E-state index contributed by atoms with van der Waals surface area (Å²) in [6.45, 7) is -0.405. The molecule has 2 N–H and O–H groups in total. The van der Waals surface area contributed by atoms with Gasteiger partial charge in [0.05, 0.1) is 17.0 Å². The number of phenols is 1. The van der Waals surface area contributed by atoms with Crippen molar-refractivity contribution in [2.24, 2.45) is 0 Å². The molecule has 2 aromatic carbocycles. The van der Waals surface area contributed by atoms with Crippen LogP contribution in [0.4, 0.5) is 10.5 Å². The largest absolute Gasteiger partial charge is 0.503 e. The predicted molar refractivity (Wildman–Crippen MR) is 115 cm³/mol. The zero-order chi connectivity index (χ0) is 21.1. The van der Waals surface area contributed by atoms with Gasteiger partial charge in [-0.3, -0.25) is 19.3 Å². The van der Waals surface area contributed by atoms with E-state index in [4.69, 9.17) is 16.3 Å². The van der Waals surface area contributed by atoms with Crippen molar-refractivity contribution in [1.29, 1.82) is 0 Å². The number of halogens is 2. The normalized spacial score (nSPS) is 15.1.